The van der Waals surface area contributed by atoms with Gasteiger partial charge in [-0.05, 0) is 48.4 Å². The van der Waals surface area contributed by atoms with Gasteiger partial charge in [0.1, 0.15) is 11.7 Å². The zero-order chi connectivity index (χ0) is 22.8. The van der Waals surface area contributed by atoms with E-state index in [9.17, 15) is 27.9 Å². The van der Waals surface area contributed by atoms with E-state index in [-0.39, 0.29) is 16.1 Å². The first-order valence-corrected chi connectivity index (χ1v) is 9.85. The Bertz CT molecular complexity index is 968. The van der Waals surface area contributed by atoms with Gasteiger partial charge in [0.25, 0.3) is 0 Å². The van der Waals surface area contributed by atoms with Gasteiger partial charge in [-0.2, -0.15) is 13.2 Å². The smallest absolute Gasteiger partial charge is 0.437 e. The number of benzene rings is 2. The molecule has 2 aromatic carbocycles. The number of ketones is 1. The van der Waals surface area contributed by atoms with Crippen LogP contribution in [0, 0.1) is 5.92 Å². The van der Waals surface area contributed by atoms with E-state index < -0.39 is 35.7 Å². The van der Waals surface area contributed by atoms with Crippen LogP contribution in [0.3, 0.4) is 0 Å². The Hall–Kier alpha value is -2.78. The second-order valence-corrected chi connectivity index (χ2v) is 7.55. The number of carbonyl (C=O) groups is 2. The van der Waals surface area contributed by atoms with E-state index in [0.29, 0.717) is 18.8 Å². The molecule has 31 heavy (non-hydrogen) atoms. The van der Waals surface area contributed by atoms with Gasteiger partial charge in [0.15, 0.2) is 5.78 Å². The van der Waals surface area contributed by atoms with Gasteiger partial charge in [-0.1, -0.05) is 30.7 Å². The fourth-order valence-corrected chi connectivity index (χ4v) is 3.55. The summed E-state index contributed by atoms with van der Waals surface area (Å²) in [7, 11) is 0. The van der Waals surface area contributed by atoms with Gasteiger partial charge in [-0.25, -0.2) is 4.79 Å². The Labute approximate surface area is 181 Å². The van der Waals surface area contributed by atoms with E-state index in [1.807, 2.05) is 6.92 Å². The van der Waals surface area contributed by atoms with Crippen LogP contribution in [0.25, 0.3) is 0 Å². The predicted molar refractivity (Wildman–Crippen MR) is 107 cm³/mol. The number of Topliss-reactive ketones (excluding diaryl/α,β-unsaturated/α-hetero) is 1. The predicted octanol–water partition coefficient (Wildman–Crippen LogP) is 4.23. The van der Waals surface area contributed by atoms with Gasteiger partial charge in [-0.3, -0.25) is 4.79 Å². The highest BCUT2D eigenvalue weighted by Crippen LogP contribution is 2.44. The van der Waals surface area contributed by atoms with E-state index in [1.54, 1.807) is 6.07 Å². The topological polar surface area (TPSA) is 87.7 Å². The Kier molecular flexibility index (Phi) is 6.47. The van der Waals surface area contributed by atoms with Crippen LogP contribution in [0.5, 0.6) is 5.75 Å². The third-order valence-corrected chi connectivity index (χ3v) is 5.16. The van der Waals surface area contributed by atoms with Crippen molar-refractivity contribution in [1.29, 1.82) is 0 Å². The molecule has 1 aliphatic rings. The van der Waals surface area contributed by atoms with Crippen LogP contribution < -0.4 is 15.4 Å². The van der Waals surface area contributed by atoms with Gasteiger partial charge >= 0.3 is 12.2 Å². The first kappa shape index (κ1) is 22.9. The molecule has 166 valence electrons. The summed E-state index contributed by atoms with van der Waals surface area (Å²) in [5.74, 6) is -2.78. The molecule has 3 unspecified atom stereocenters. The standard InChI is InChI=1S/C21H20ClF3N2O4/c1-2-10-31-15-5-3-4-13(11-15)17-16(18(28)12-6-8-14(22)9-7-12)20(30,21(23,24)25)27-19(29)26-17/h3-9,11,16-17,30H,2,10H2,1H3,(H2,26,27,29). The Morgan fingerprint density at radius 3 is 2.52 bits per heavy atom. The minimum Gasteiger partial charge on any atom is -0.494 e. The van der Waals surface area contributed by atoms with Crippen molar-refractivity contribution in [1.82, 2.24) is 10.6 Å². The zero-order valence-corrected chi connectivity index (χ0v) is 17.1. The summed E-state index contributed by atoms with van der Waals surface area (Å²) in [5, 5.41) is 14.7. The van der Waals surface area contributed by atoms with Gasteiger partial charge in [0.05, 0.1) is 12.6 Å². The van der Waals surface area contributed by atoms with E-state index >= 15 is 0 Å². The fourth-order valence-electron chi connectivity index (χ4n) is 3.43. The van der Waals surface area contributed by atoms with Gasteiger partial charge in [-0.15, -0.1) is 0 Å². The first-order valence-electron chi connectivity index (χ1n) is 9.47. The molecule has 10 heteroatoms. The monoisotopic (exact) mass is 456 g/mol. The number of nitrogens with one attached hydrogen (secondary N) is 2. The number of ether oxygens (including phenoxy) is 1. The Balaban J connectivity index is 2.11. The summed E-state index contributed by atoms with van der Waals surface area (Å²) in [6.45, 7) is 2.27. The second kappa shape index (κ2) is 8.76. The number of urea groups is 1. The maximum absolute atomic E-state index is 13.9. The maximum atomic E-state index is 13.9. The summed E-state index contributed by atoms with van der Waals surface area (Å²) >= 11 is 5.81. The molecule has 6 nitrogen and oxygen atoms in total. The van der Waals surface area contributed by atoms with E-state index in [2.05, 4.69) is 5.32 Å². The fraction of sp³-hybridized carbons (Fsp3) is 0.333. The van der Waals surface area contributed by atoms with Crippen molar-refractivity contribution in [3.8, 4) is 5.75 Å². The number of carbonyl (C=O) groups excluding carboxylic acids is 2. The lowest BCUT2D eigenvalue weighted by Gasteiger charge is -2.45. The molecule has 3 N–H and O–H groups in total. The molecule has 3 atom stereocenters. The van der Waals surface area contributed by atoms with E-state index in [0.717, 1.165) is 0 Å². The van der Waals surface area contributed by atoms with Crippen molar-refractivity contribution < 1.29 is 32.6 Å². The molecule has 0 spiro atoms. The van der Waals surface area contributed by atoms with E-state index in [1.165, 1.54) is 47.8 Å². The van der Waals surface area contributed by atoms with E-state index in [4.69, 9.17) is 16.3 Å². The summed E-state index contributed by atoms with van der Waals surface area (Å²) in [6.07, 6.45) is -4.62. The average molecular weight is 457 g/mol. The molecule has 0 bridgehead atoms. The van der Waals surface area contributed by atoms with Gasteiger partial charge in [0.2, 0.25) is 5.72 Å². The molecule has 1 saturated heterocycles. The molecular formula is C21H20ClF3N2O4. The normalized spacial score (nSPS) is 23.6. The third-order valence-electron chi connectivity index (χ3n) is 4.91. The first-order chi connectivity index (χ1) is 14.6. The molecule has 0 radical (unpaired) electrons. The van der Waals surface area contributed by atoms with Gasteiger partial charge < -0.3 is 20.5 Å². The highest BCUT2D eigenvalue weighted by atomic mass is 35.5. The van der Waals surface area contributed by atoms with Crippen LogP contribution >= 0.6 is 11.6 Å². The number of alkyl halides is 3. The molecule has 2 aromatic rings. The van der Waals surface area contributed by atoms with Crippen LogP contribution in [-0.4, -0.2) is 35.4 Å². The average Bonchev–Trinajstić information content (AvgIpc) is 2.71. The molecule has 1 heterocycles. The number of hydrogen-bond donors (Lipinski definition) is 3. The molecule has 3 rings (SSSR count). The zero-order valence-electron chi connectivity index (χ0n) is 16.4. The van der Waals surface area contributed by atoms with Crippen LogP contribution in [-0.2, 0) is 0 Å². The largest absolute Gasteiger partial charge is 0.494 e. The van der Waals surface area contributed by atoms with Crippen LogP contribution in [0.4, 0.5) is 18.0 Å². The summed E-state index contributed by atoms with van der Waals surface area (Å²) in [6, 6.07) is 8.51. The molecule has 1 aliphatic heterocycles. The number of aliphatic hydroxyl groups is 1. The third kappa shape index (κ3) is 4.62. The summed E-state index contributed by atoms with van der Waals surface area (Å²) in [5.41, 5.74) is -3.71. The van der Waals surface area contributed by atoms with Crippen LogP contribution in [0.15, 0.2) is 48.5 Å². The van der Waals surface area contributed by atoms with Crippen molar-refractivity contribution >= 4 is 23.4 Å². The van der Waals surface area contributed by atoms with Crippen molar-refractivity contribution in [2.24, 2.45) is 5.92 Å². The van der Waals surface area contributed by atoms with Crippen molar-refractivity contribution in [3.63, 3.8) is 0 Å². The molecule has 0 saturated carbocycles. The minimum absolute atomic E-state index is 0.0987. The van der Waals surface area contributed by atoms with Crippen molar-refractivity contribution in [2.45, 2.75) is 31.3 Å². The number of amides is 2. The highest BCUT2D eigenvalue weighted by Gasteiger charge is 2.66. The Morgan fingerprint density at radius 1 is 1.23 bits per heavy atom. The molecule has 1 fully saturated rings. The summed E-state index contributed by atoms with van der Waals surface area (Å²) < 4.78 is 47.3. The lowest BCUT2D eigenvalue weighted by Crippen LogP contribution is -2.72. The van der Waals surface area contributed by atoms with Crippen LogP contribution in [0.1, 0.15) is 35.3 Å². The lowest BCUT2D eigenvalue weighted by molar-refractivity contribution is -0.287. The lowest BCUT2D eigenvalue weighted by atomic mass is 9.77. The van der Waals surface area contributed by atoms with Crippen LogP contribution in [0.2, 0.25) is 5.02 Å². The molecular weight excluding hydrogens is 437 g/mol. The van der Waals surface area contributed by atoms with Gasteiger partial charge in [0, 0.05) is 10.6 Å². The molecule has 0 aromatic heterocycles. The SMILES string of the molecule is CCCOc1cccc(C2NC(=O)NC(O)(C(F)(F)F)C2C(=O)c2ccc(Cl)cc2)c1. The number of hydrogen-bond acceptors (Lipinski definition) is 4. The number of halogens is 4. The van der Waals surface area contributed by atoms with Crippen molar-refractivity contribution in [2.75, 3.05) is 6.61 Å². The second-order valence-electron chi connectivity index (χ2n) is 7.11. The Morgan fingerprint density at radius 2 is 1.90 bits per heavy atom. The maximum Gasteiger partial charge on any atom is 0.437 e. The number of rotatable bonds is 6. The molecule has 0 aliphatic carbocycles. The quantitative estimate of drug-likeness (QED) is 0.568. The molecule has 2 amide bonds. The minimum atomic E-state index is -5.33. The summed E-state index contributed by atoms with van der Waals surface area (Å²) in [4.78, 5) is 25.3. The van der Waals surface area contributed by atoms with Crippen molar-refractivity contribution in [3.05, 3.63) is 64.7 Å². The highest BCUT2D eigenvalue weighted by molar-refractivity contribution is 6.30.